The fourth-order valence-corrected chi connectivity index (χ4v) is 2.84. The lowest BCUT2D eigenvalue weighted by Crippen LogP contribution is -2.33. The van der Waals surface area contributed by atoms with E-state index in [4.69, 9.17) is 0 Å². The largest absolute Gasteiger partial charge is 0.465 e. The van der Waals surface area contributed by atoms with Gasteiger partial charge < -0.3 is 10.1 Å². The Morgan fingerprint density at radius 2 is 1.96 bits per heavy atom. The Hall–Kier alpha value is -3.27. The summed E-state index contributed by atoms with van der Waals surface area (Å²) in [6, 6.07) is 10.2. The van der Waals surface area contributed by atoms with Gasteiger partial charge in [-0.1, -0.05) is 12.1 Å². The van der Waals surface area contributed by atoms with Gasteiger partial charge in [0, 0.05) is 6.54 Å². The quantitative estimate of drug-likeness (QED) is 0.634. The normalized spacial score (nSPS) is 10.5. The van der Waals surface area contributed by atoms with Crippen LogP contribution in [0, 0.1) is 0 Å². The molecule has 0 fully saturated rings. The molecule has 3 aromatic rings. The summed E-state index contributed by atoms with van der Waals surface area (Å²) in [5, 5.41) is 12.6. The Labute approximate surface area is 151 Å². The van der Waals surface area contributed by atoms with Gasteiger partial charge in [0.1, 0.15) is 11.5 Å². The van der Waals surface area contributed by atoms with Gasteiger partial charge in [0.15, 0.2) is 0 Å². The molecule has 134 valence electrons. The molecule has 2 heterocycles. The molecule has 0 atom stereocenters. The lowest BCUT2D eigenvalue weighted by molar-refractivity contribution is -0.122. The number of amides is 1. The Bertz CT molecular complexity index is 959. The Morgan fingerprint density at radius 1 is 1.19 bits per heavy atom. The van der Waals surface area contributed by atoms with Gasteiger partial charge in [0.25, 0.3) is 0 Å². The molecule has 0 saturated heterocycles. The predicted octanol–water partition coefficient (Wildman–Crippen LogP) is 0.593. The first-order chi connectivity index (χ1) is 12.6. The number of thiophene rings is 1. The van der Waals surface area contributed by atoms with Crippen molar-refractivity contribution in [2.75, 3.05) is 7.11 Å². The monoisotopic (exact) mass is 373 g/mol. The number of nitrogens with zero attached hydrogens (tertiary/aromatic N) is 4. The molecule has 0 aliphatic heterocycles. The molecular formula is C16H15N5O4S. The number of hydrogen-bond acceptors (Lipinski definition) is 7. The van der Waals surface area contributed by atoms with Gasteiger partial charge in [-0.2, -0.15) is 9.36 Å². The van der Waals surface area contributed by atoms with Crippen molar-refractivity contribution in [3.63, 3.8) is 0 Å². The highest BCUT2D eigenvalue weighted by Crippen LogP contribution is 2.10. The first kappa shape index (κ1) is 17.5. The lowest BCUT2D eigenvalue weighted by atomic mass is 10.1. The number of aromatic nitrogens is 4. The first-order valence-corrected chi connectivity index (χ1v) is 8.47. The molecule has 1 N–H and O–H groups in total. The number of hydrogen-bond donors (Lipinski definition) is 1. The molecule has 10 heteroatoms. The Kier molecular flexibility index (Phi) is 5.23. The summed E-state index contributed by atoms with van der Waals surface area (Å²) in [6.45, 7) is 0.0263. The smallest absolute Gasteiger partial charge is 0.369 e. The third-order valence-electron chi connectivity index (χ3n) is 3.51. The average molecular weight is 373 g/mol. The van der Waals surface area contributed by atoms with E-state index in [-0.39, 0.29) is 19.0 Å². The second kappa shape index (κ2) is 7.74. The van der Waals surface area contributed by atoms with Gasteiger partial charge in [0.05, 0.1) is 12.7 Å². The van der Waals surface area contributed by atoms with Crippen molar-refractivity contribution in [1.29, 1.82) is 0 Å². The van der Waals surface area contributed by atoms with Crippen LogP contribution >= 0.6 is 11.3 Å². The molecule has 0 aliphatic rings. The number of tetrazole rings is 1. The summed E-state index contributed by atoms with van der Waals surface area (Å²) >= 11 is 1.35. The molecule has 0 unspecified atom stereocenters. The van der Waals surface area contributed by atoms with Crippen LogP contribution in [-0.2, 0) is 22.6 Å². The maximum absolute atomic E-state index is 12.2. The molecule has 1 amide bonds. The Balaban J connectivity index is 1.58. The lowest BCUT2D eigenvalue weighted by Gasteiger charge is -2.05. The van der Waals surface area contributed by atoms with Crippen LogP contribution in [0.4, 0.5) is 0 Å². The molecule has 0 bridgehead atoms. The van der Waals surface area contributed by atoms with Crippen molar-refractivity contribution >= 4 is 23.2 Å². The molecule has 2 aromatic heterocycles. The highest BCUT2D eigenvalue weighted by Gasteiger charge is 2.12. The van der Waals surface area contributed by atoms with Gasteiger partial charge >= 0.3 is 11.7 Å². The van der Waals surface area contributed by atoms with Crippen LogP contribution < -0.4 is 11.0 Å². The van der Waals surface area contributed by atoms with E-state index in [1.54, 1.807) is 36.4 Å². The van der Waals surface area contributed by atoms with Crippen LogP contribution in [0.2, 0.25) is 0 Å². The fourth-order valence-electron chi connectivity index (χ4n) is 2.17. The van der Waals surface area contributed by atoms with Crippen LogP contribution in [0.5, 0.6) is 0 Å². The molecule has 0 aliphatic carbocycles. The number of nitrogens with one attached hydrogen (secondary N) is 1. The maximum Gasteiger partial charge on any atom is 0.369 e. The number of carbonyl (C=O) groups is 2. The third kappa shape index (κ3) is 3.86. The van der Waals surface area contributed by atoms with Crippen molar-refractivity contribution in [2.45, 2.75) is 13.1 Å². The summed E-state index contributed by atoms with van der Waals surface area (Å²) in [4.78, 5) is 35.6. The van der Waals surface area contributed by atoms with Crippen LogP contribution in [0.25, 0.3) is 5.00 Å². The number of rotatable bonds is 6. The zero-order valence-corrected chi connectivity index (χ0v) is 14.6. The van der Waals surface area contributed by atoms with Crippen molar-refractivity contribution in [1.82, 2.24) is 25.1 Å². The minimum Gasteiger partial charge on any atom is -0.465 e. The summed E-state index contributed by atoms with van der Waals surface area (Å²) in [6.07, 6.45) is 0. The van der Waals surface area contributed by atoms with E-state index in [1.807, 2.05) is 5.38 Å². The summed E-state index contributed by atoms with van der Waals surface area (Å²) in [5.41, 5.74) is 0.755. The van der Waals surface area contributed by atoms with Gasteiger partial charge in [-0.3, -0.25) is 4.79 Å². The topological polar surface area (TPSA) is 108 Å². The van der Waals surface area contributed by atoms with Crippen molar-refractivity contribution in [2.24, 2.45) is 0 Å². The summed E-state index contributed by atoms with van der Waals surface area (Å²) in [7, 11) is 1.31. The van der Waals surface area contributed by atoms with Crippen molar-refractivity contribution in [3.05, 3.63) is 63.4 Å². The van der Waals surface area contributed by atoms with Gasteiger partial charge in [0.2, 0.25) is 5.91 Å². The van der Waals surface area contributed by atoms with Crippen LogP contribution in [0.1, 0.15) is 15.9 Å². The predicted molar refractivity (Wildman–Crippen MR) is 93.1 cm³/mol. The van der Waals surface area contributed by atoms with E-state index in [9.17, 15) is 14.4 Å². The van der Waals surface area contributed by atoms with E-state index >= 15 is 0 Å². The molecule has 0 spiro atoms. The van der Waals surface area contributed by atoms with E-state index < -0.39 is 11.7 Å². The minimum absolute atomic E-state index is 0.232. The molecule has 0 radical (unpaired) electrons. The molecule has 1 aromatic carbocycles. The summed E-state index contributed by atoms with van der Waals surface area (Å²) < 4.78 is 6.76. The van der Waals surface area contributed by atoms with Crippen molar-refractivity contribution < 1.29 is 14.3 Å². The van der Waals surface area contributed by atoms with E-state index in [0.717, 1.165) is 14.9 Å². The zero-order chi connectivity index (χ0) is 18.5. The Morgan fingerprint density at radius 3 is 2.62 bits per heavy atom. The van der Waals surface area contributed by atoms with Gasteiger partial charge in [-0.05, 0) is 45.6 Å². The first-order valence-electron chi connectivity index (χ1n) is 7.59. The van der Waals surface area contributed by atoms with Crippen LogP contribution in [0.3, 0.4) is 0 Å². The second-order valence-corrected chi connectivity index (χ2v) is 6.17. The number of ether oxygens (including phenoxy) is 1. The van der Waals surface area contributed by atoms with Crippen LogP contribution in [-0.4, -0.2) is 38.8 Å². The van der Waals surface area contributed by atoms with E-state index in [0.29, 0.717) is 10.6 Å². The highest BCUT2D eigenvalue weighted by atomic mass is 32.1. The number of esters is 1. The number of benzene rings is 1. The maximum atomic E-state index is 12.2. The second-order valence-electron chi connectivity index (χ2n) is 5.25. The molecule has 3 rings (SSSR count). The van der Waals surface area contributed by atoms with Crippen LogP contribution in [0.15, 0.2) is 46.6 Å². The standard InChI is InChI=1S/C16H15N5O4S/c1-25-15(23)12-6-4-11(5-7-12)9-17-13(22)10-20-16(24)21(19-18-20)14-3-2-8-26-14/h2-8H,9-10H2,1H3,(H,17,22). The van der Waals surface area contributed by atoms with Crippen molar-refractivity contribution in [3.8, 4) is 5.00 Å². The van der Waals surface area contributed by atoms with E-state index in [2.05, 4.69) is 20.5 Å². The third-order valence-corrected chi connectivity index (χ3v) is 4.36. The van der Waals surface area contributed by atoms with Gasteiger partial charge in [-0.15, -0.1) is 11.3 Å². The molecule has 26 heavy (non-hydrogen) atoms. The highest BCUT2D eigenvalue weighted by molar-refractivity contribution is 7.12. The molecular weight excluding hydrogens is 358 g/mol. The molecule has 0 saturated carbocycles. The van der Waals surface area contributed by atoms with Gasteiger partial charge in [-0.25, -0.2) is 9.59 Å². The zero-order valence-electron chi connectivity index (χ0n) is 13.8. The number of methoxy groups -OCH3 is 1. The SMILES string of the molecule is COC(=O)c1ccc(CNC(=O)Cn2nnn(-c3cccs3)c2=O)cc1. The minimum atomic E-state index is -0.481. The fraction of sp³-hybridized carbons (Fsp3) is 0.188. The van der Waals surface area contributed by atoms with E-state index in [1.165, 1.54) is 18.4 Å². The number of carbonyl (C=O) groups excluding carboxylic acids is 2. The molecule has 9 nitrogen and oxygen atoms in total. The summed E-state index contributed by atoms with van der Waals surface area (Å²) in [5.74, 6) is -0.795. The average Bonchev–Trinajstić information content (AvgIpc) is 3.30.